The molecule has 0 aliphatic carbocycles. The highest BCUT2D eigenvalue weighted by Gasteiger charge is 2.04. The predicted molar refractivity (Wildman–Crippen MR) is 81.4 cm³/mol. The van der Waals surface area contributed by atoms with Gasteiger partial charge in [0.1, 0.15) is 0 Å². The fourth-order valence-corrected chi connectivity index (χ4v) is 1.88. The first-order chi connectivity index (χ1) is 9.65. The van der Waals surface area contributed by atoms with E-state index in [-0.39, 0.29) is 11.9 Å². The molecule has 0 saturated heterocycles. The summed E-state index contributed by atoms with van der Waals surface area (Å²) >= 11 is 0. The van der Waals surface area contributed by atoms with Gasteiger partial charge in [-0.2, -0.15) is 0 Å². The Kier molecular flexibility index (Phi) is 7.92. The van der Waals surface area contributed by atoms with Gasteiger partial charge in [-0.15, -0.1) is 0 Å². The molecule has 1 amide bonds. The largest absolute Gasteiger partial charge is 0.380 e. The number of nitrogens with one attached hydrogen (secondary N) is 2. The molecule has 112 valence electrons. The number of carbonyl (C=O) groups is 1. The maximum absolute atomic E-state index is 11.6. The quantitative estimate of drug-likeness (QED) is 0.681. The molecular formula is C16H26N2O2. The summed E-state index contributed by atoms with van der Waals surface area (Å²) in [6.07, 6.45) is 1.48. The lowest BCUT2D eigenvalue weighted by molar-refractivity contribution is -0.121. The van der Waals surface area contributed by atoms with E-state index in [1.807, 2.05) is 19.1 Å². The van der Waals surface area contributed by atoms with E-state index in [2.05, 4.69) is 29.7 Å². The number of amides is 1. The van der Waals surface area contributed by atoms with Crippen LogP contribution < -0.4 is 10.6 Å². The first-order valence-electron chi connectivity index (χ1n) is 7.22. The van der Waals surface area contributed by atoms with E-state index in [1.54, 1.807) is 7.11 Å². The molecule has 1 unspecified atom stereocenters. The van der Waals surface area contributed by atoms with Crippen LogP contribution in [0.2, 0.25) is 0 Å². The summed E-state index contributed by atoms with van der Waals surface area (Å²) in [6.45, 7) is 6.18. The average molecular weight is 278 g/mol. The third-order valence-corrected chi connectivity index (χ3v) is 3.18. The van der Waals surface area contributed by atoms with Gasteiger partial charge in [0.25, 0.3) is 0 Å². The Morgan fingerprint density at radius 3 is 2.80 bits per heavy atom. The fraction of sp³-hybridized carbons (Fsp3) is 0.562. The third-order valence-electron chi connectivity index (χ3n) is 3.18. The lowest BCUT2D eigenvalue weighted by Gasteiger charge is -2.11. The predicted octanol–water partition coefficient (Wildman–Crippen LogP) is 2.23. The number of hydrogen-bond acceptors (Lipinski definition) is 3. The van der Waals surface area contributed by atoms with Crippen molar-refractivity contribution in [1.82, 2.24) is 10.6 Å². The SMILES string of the molecule is CCC(C)NC(=O)CCNCc1cccc(COC)c1. The number of carbonyl (C=O) groups excluding carboxylic acids is 1. The molecule has 0 radical (unpaired) electrons. The minimum atomic E-state index is 0.111. The molecule has 0 aliphatic rings. The van der Waals surface area contributed by atoms with E-state index in [9.17, 15) is 4.79 Å². The van der Waals surface area contributed by atoms with Crippen LogP contribution in [0.15, 0.2) is 24.3 Å². The molecule has 0 aliphatic heterocycles. The van der Waals surface area contributed by atoms with Crippen LogP contribution >= 0.6 is 0 Å². The van der Waals surface area contributed by atoms with Crippen LogP contribution in [0.1, 0.15) is 37.8 Å². The summed E-state index contributed by atoms with van der Waals surface area (Å²) in [5.74, 6) is 0.111. The van der Waals surface area contributed by atoms with Crippen molar-refractivity contribution in [3.63, 3.8) is 0 Å². The van der Waals surface area contributed by atoms with Gasteiger partial charge in [0.2, 0.25) is 5.91 Å². The number of ether oxygens (including phenoxy) is 1. The first-order valence-corrected chi connectivity index (χ1v) is 7.22. The van der Waals surface area contributed by atoms with Crippen LogP contribution in [0.3, 0.4) is 0 Å². The van der Waals surface area contributed by atoms with Gasteiger partial charge in [0.15, 0.2) is 0 Å². The summed E-state index contributed by atoms with van der Waals surface area (Å²) in [6, 6.07) is 8.53. The van der Waals surface area contributed by atoms with Gasteiger partial charge < -0.3 is 15.4 Å². The summed E-state index contributed by atoms with van der Waals surface area (Å²) < 4.78 is 5.11. The Bertz CT molecular complexity index is 407. The number of benzene rings is 1. The van der Waals surface area contributed by atoms with Gasteiger partial charge in [0, 0.05) is 32.7 Å². The minimum absolute atomic E-state index is 0.111. The monoisotopic (exact) mass is 278 g/mol. The zero-order valence-corrected chi connectivity index (χ0v) is 12.7. The van der Waals surface area contributed by atoms with Crippen LogP contribution in [-0.2, 0) is 22.7 Å². The first kappa shape index (κ1) is 16.7. The van der Waals surface area contributed by atoms with Crippen molar-refractivity contribution in [3.05, 3.63) is 35.4 Å². The Labute approximate surface area is 121 Å². The molecular weight excluding hydrogens is 252 g/mol. The van der Waals surface area contributed by atoms with E-state index >= 15 is 0 Å². The normalized spacial score (nSPS) is 12.2. The molecule has 4 heteroatoms. The summed E-state index contributed by atoms with van der Waals surface area (Å²) in [5, 5.41) is 6.25. The van der Waals surface area contributed by atoms with Crippen molar-refractivity contribution in [1.29, 1.82) is 0 Å². The van der Waals surface area contributed by atoms with Gasteiger partial charge in [-0.05, 0) is 24.5 Å². The molecule has 4 nitrogen and oxygen atoms in total. The zero-order valence-electron chi connectivity index (χ0n) is 12.7. The number of hydrogen-bond donors (Lipinski definition) is 2. The highest BCUT2D eigenvalue weighted by atomic mass is 16.5. The molecule has 1 rings (SSSR count). The second-order valence-electron chi connectivity index (χ2n) is 5.06. The summed E-state index contributed by atoms with van der Waals surface area (Å²) in [5.41, 5.74) is 2.38. The standard InChI is InChI=1S/C16H26N2O2/c1-4-13(2)18-16(19)8-9-17-11-14-6-5-7-15(10-14)12-20-3/h5-7,10,13,17H,4,8-9,11-12H2,1-3H3,(H,18,19). The van der Waals surface area contributed by atoms with Crippen molar-refractivity contribution < 1.29 is 9.53 Å². The van der Waals surface area contributed by atoms with E-state index in [1.165, 1.54) is 11.1 Å². The van der Waals surface area contributed by atoms with Gasteiger partial charge in [-0.25, -0.2) is 0 Å². The maximum Gasteiger partial charge on any atom is 0.221 e. The molecule has 0 saturated carbocycles. The Morgan fingerprint density at radius 2 is 2.10 bits per heavy atom. The molecule has 2 N–H and O–H groups in total. The highest BCUT2D eigenvalue weighted by Crippen LogP contribution is 2.06. The van der Waals surface area contributed by atoms with Crippen molar-refractivity contribution >= 4 is 5.91 Å². The molecule has 0 fully saturated rings. The highest BCUT2D eigenvalue weighted by molar-refractivity contribution is 5.76. The smallest absolute Gasteiger partial charge is 0.221 e. The van der Waals surface area contributed by atoms with E-state index in [4.69, 9.17) is 4.74 Å². The lowest BCUT2D eigenvalue weighted by atomic mass is 10.1. The molecule has 0 spiro atoms. The second kappa shape index (κ2) is 9.50. The van der Waals surface area contributed by atoms with Crippen LogP contribution in [0.5, 0.6) is 0 Å². The molecule has 1 aromatic rings. The molecule has 0 heterocycles. The van der Waals surface area contributed by atoms with Gasteiger partial charge >= 0.3 is 0 Å². The van der Waals surface area contributed by atoms with Crippen molar-refractivity contribution in [2.24, 2.45) is 0 Å². The minimum Gasteiger partial charge on any atom is -0.380 e. The Balaban J connectivity index is 2.24. The lowest BCUT2D eigenvalue weighted by Crippen LogP contribution is -2.33. The number of rotatable bonds is 9. The van der Waals surface area contributed by atoms with Crippen molar-refractivity contribution in [2.75, 3.05) is 13.7 Å². The van der Waals surface area contributed by atoms with Crippen molar-refractivity contribution in [3.8, 4) is 0 Å². The van der Waals surface area contributed by atoms with Crippen LogP contribution in [0, 0.1) is 0 Å². The van der Waals surface area contributed by atoms with Gasteiger partial charge in [0.05, 0.1) is 6.61 Å². The molecule has 1 atom stereocenters. The van der Waals surface area contributed by atoms with Crippen molar-refractivity contribution in [2.45, 2.75) is 45.9 Å². The third kappa shape index (κ3) is 6.68. The van der Waals surface area contributed by atoms with E-state index in [0.717, 1.165) is 13.0 Å². The van der Waals surface area contributed by atoms with E-state index < -0.39 is 0 Å². The zero-order chi connectivity index (χ0) is 14.8. The topological polar surface area (TPSA) is 50.4 Å². The van der Waals surface area contributed by atoms with Gasteiger partial charge in [-0.3, -0.25) is 4.79 Å². The molecule has 0 aromatic heterocycles. The van der Waals surface area contributed by atoms with E-state index in [0.29, 0.717) is 19.6 Å². The molecule has 1 aromatic carbocycles. The summed E-state index contributed by atoms with van der Waals surface area (Å²) in [7, 11) is 1.70. The van der Waals surface area contributed by atoms with Crippen LogP contribution in [0.25, 0.3) is 0 Å². The Hall–Kier alpha value is -1.39. The van der Waals surface area contributed by atoms with Gasteiger partial charge in [-0.1, -0.05) is 31.2 Å². The number of methoxy groups -OCH3 is 1. The van der Waals surface area contributed by atoms with Crippen LogP contribution in [-0.4, -0.2) is 25.6 Å². The Morgan fingerprint density at radius 1 is 1.35 bits per heavy atom. The fourth-order valence-electron chi connectivity index (χ4n) is 1.88. The average Bonchev–Trinajstić information content (AvgIpc) is 2.44. The molecule has 0 bridgehead atoms. The second-order valence-corrected chi connectivity index (χ2v) is 5.06. The van der Waals surface area contributed by atoms with Crippen LogP contribution in [0.4, 0.5) is 0 Å². The molecule has 20 heavy (non-hydrogen) atoms. The maximum atomic E-state index is 11.6. The summed E-state index contributed by atoms with van der Waals surface area (Å²) in [4.78, 5) is 11.6.